The second-order valence-electron chi connectivity index (χ2n) is 6.64. The van der Waals surface area contributed by atoms with E-state index in [2.05, 4.69) is 26.1 Å². The Kier molecular flexibility index (Phi) is 7.23. The van der Waals surface area contributed by atoms with Gasteiger partial charge in [-0.1, -0.05) is 41.4 Å². The number of hydrogen-bond acceptors (Lipinski definition) is 5. The molecule has 3 N–H and O–H groups in total. The first-order valence-electron chi connectivity index (χ1n) is 9.22. The lowest BCUT2D eigenvalue weighted by molar-refractivity contribution is -0.116. The van der Waals surface area contributed by atoms with Crippen molar-refractivity contribution in [1.29, 1.82) is 0 Å². The maximum Gasteiger partial charge on any atom is 0.276 e. The number of nitrogens with one attached hydrogen (secondary N) is 3. The normalized spacial score (nSPS) is 10.7. The number of aromatic nitrogens is 2. The van der Waals surface area contributed by atoms with Crippen LogP contribution in [0.25, 0.3) is 6.08 Å². The Labute approximate surface area is 189 Å². The molecule has 2 amide bonds. The third-order valence-corrected chi connectivity index (χ3v) is 4.85. The number of halogens is 2. The van der Waals surface area contributed by atoms with Crippen LogP contribution in [0.1, 0.15) is 27.2 Å². The van der Waals surface area contributed by atoms with Gasteiger partial charge in [-0.15, -0.1) is 0 Å². The van der Waals surface area contributed by atoms with Crippen LogP contribution in [-0.2, 0) is 4.79 Å². The first-order chi connectivity index (χ1) is 14.8. The van der Waals surface area contributed by atoms with E-state index >= 15 is 0 Å². The van der Waals surface area contributed by atoms with E-state index in [0.717, 1.165) is 16.7 Å². The number of anilines is 2. The standard InChI is InChI=1S/C22H19Cl2N5O2/c1-13-3-9-17(11-14(13)2)26-21(31)20-18(24)12-25-22(27-20)29-28-19(30)10-6-15-4-7-16(23)8-5-15/h3-12H,1-2H3,(H,26,31)(H,28,30)(H,25,27,29)/b10-6+. The average Bonchev–Trinajstić information content (AvgIpc) is 2.75. The first-order valence-corrected chi connectivity index (χ1v) is 9.98. The van der Waals surface area contributed by atoms with Crippen molar-refractivity contribution in [2.24, 2.45) is 0 Å². The summed E-state index contributed by atoms with van der Waals surface area (Å²) in [7, 11) is 0. The van der Waals surface area contributed by atoms with Crippen LogP contribution in [0.4, 0.5) is 11.6 Å². The predicted molar refractivity (Wildman–Crippen MR) is 123 cm³/mol. The molecule has 0 fully saturated rings. The van der Waals surface area contributed by atoms with Crippen molar-refractivity contribution < 1.29 is 9.59 Å². The van der Waals surface area contributed by atoms with Crippen molar-refractivity contribution in [2.45, 2.75) is 13.8 Å². The fourth-order valence-corrected chi connectivity index (χ4v) is 2.80. The van der Waals surface area contributed by atoms with Crippen LogP contribution in [-0.4, -0.2) is 21.8 Å². The van der Waals surface area contributed by atoms with Crippen LogP contribution in [0.5, 0.6) is 0 Å². The van der Waals surface area contributed by atoms with E-state index in [1.165, 1.54) is 12.3 Å². The fourth-order valence-electron chi connectivity index (χ4n) is 2.50. The van der Waals surface area contributed by atoms with Gasteiger partial charge < -0.3 is 5.32 Å². The summed E-state index contributed by atoms with van der Waals surface area (Å²) in [5.41, 5.74) is 8.56. The summed E-state index contributed by atoms with van der Waals surface area (Å²) in [4.78, 5) is 32.6. The van der Waals surface area contributed by atoms with Gasteiger partial charge in [0.1, 0.15) is 0 Å². The van der Waals surface area contributed by atoms with Crippen LogP contribution in [0.2, 0.25) is 10.0 Å². The van der Waals surface area contributed by atoms with Gasteiger partial charge in [-0.25, -0.2) is 9.97 Å². The Morgan fingerprint density at radius 3 is 2.45 bits per heavy atom. The lowest BCUT2D eigenvalue weighted by Gasteiger charge is -2.10. The molecule has 1 heterocycles. The highest BCUT2D eigenvalue weighted by atomic mass is 35.5. The summed E-state index contributed by atoms with van der Waals surface area (Å²) in [5.74, 6) is -0.912. The summed E-state index contributed by atoms with van der Waals surface area (Å²) in [5, 5.41) is 3.45. The van der Waals surface area contributed by atoms with Gasteiger partial charge in [-0.2, -0.15) is 0 Å². The van der Waals surface area contributed by atoms with E-state index in [1.807, 2.05) is 26.0 Å². The van der Waals surface area contributed by atoms with E-state index in [9.17, 15) is 9.59 Å². The number of nitrogens with zero attached hydrogens (tertiary/aromatic N) is 2. The Morgan fingerprint density at radius 1 is 1.00 bits per heavy atom. The minimum absolute atomic E-state index is 0.0166. The van der Waals surface area contributed by atoms with Crippen molar-refractivity contribution in [3.05, 3.63) is 87.2 Å². The molecule has 3 aromatic rings. The van der Waals surface area contributed by atoms with Crippen molar-refractivity contribution in [3.8, 4) is 0 Å². The number of hydrazine groups is 1. The summed E-state index contributed by atoms with van der Waals surface area (Å²) in [6, 6.07) is 12.6. The number of aryl methyl sites for hydroxylation is 2. The second-order valence-corrected chi connectivity index (χ2v) is 7.49. The van der Waals surface area contributed by atoms with Gasteiger partial charge in [0.2, 0.25) is 5.95 Å². The molecule has 0 radical (unpaired) electrons. The number of carbonyl (C=O) groups is 2. The number of benzene rings is 2. The SMILES string of the molecule is Cc1ccc(NC(=O)c2nc(NNC(=O)/C=C/c3ccc(Cl)cc3)ncc2Cl)cc1C. The quantitative estimate of drug-likeness (QED) is 0.366. The zero-order valence-corrected chi connectivity index (χ0v) is 18.3. The third-order valence-electron chi connectivity index (χ3n) is 4.32. The molecule has 0 spiro atoms. The summed E-state index contributed by atoms with van der Waals surface area (Å²) < 4.78 is 0. The molecule has 0 aliphatic heterocycles. The van der Waals surface area contributed by atoms with Crippen LogP contribution in [0, 0.1) is 13.8 Å². The first kappa shape index (κ1) is 22.3. The minimum atomic E-state index is -0.493. The van der Waals surface area contributed by atoms with E-state index in [0.29, 0.717) is 10.7 Å². The molecular weight excluding hydrogens is 437 g/mol. The molecule has 0 unspecified atom stereocenters. The lowest BCUT2D eigenvalue weighted by atomic mass is 10.1. The van der Waals surface area contributed by atoms with Crippen LogP contribution in [0.3, 0.4) is 0 Å². The van der Waals surface area contributed by atoms with Crippen LogP contribution < -0.4 is 16.2 Å². The van der Waals surface area contributed by atoms with Crippen LogP contribution in [0.15, 0.2) is 54.7 Å². The molecule has 31 heavy (non-hydrogen) atoms. The molecular formula is C22H19Cl2N5O2. The Morgan fingerprint density at radius 2 is 1.74 bits per heavy atom. The highest BCUT2D eigenvalue weighted by Crippen LogP contribution is 2.18. The molecule has 0 aliphatic rings. The fraction of sp³-hybridized carbons (Fsp3) is 0.0909. The highest BCUT2D eigenvalue weighted by Gasteiger charge is 2.15. The van der Waals surface area contributed by atoms with Gasteiger partial charge in [0, 0.05) is 16.8 Å². The third kappa shape index (κ3) is 6.28. The summed E-state index contributed by atoms with van der Waals surface area (Å²) >= 11 is 11.9. The van der Waals surface area contributed by atoms with Gasteiger partial charge in [-0.3, -0.25) is 20.4 Å². The molecule has 0 saturated heterocycles. The van der Waals surface area contributed by atoms with Gasteiger partial charge in [0.15, 0.2) is 5.69 Å². The number of hydrogen-bond donors (Lipinski definition) is 3. The van der Waals surface area contributed by atoms with E-state index in [1.54, 1.807) is 36.4 Å². The van der Waals surface area contributed by atoms with Gasteiger partial charge in [0.25, 0.3) is 11.8 Å². The maximum atomic E-state index is 12.6. The number of carbonyl (C=O) groups excluding carboxylic acids is 2. The zero-order chi connectivity index (χ0) is 22.4. The van der Waals surface area contributed by atoms with E-state index in [4.69, 9.17) is 23.2 Å². The second kappa shape index (κ2) is 10.1. The smallest absolute Gasteiger partial charge is 0.276 e. The summed E-state index contributed by atoms with van der Waals surface area (Å²) in [6.45, 7) is 3.94. The Balaban J connectivity index is 1.63. The lowest BCUT2D eigenvalue weighted by Crippen LogP contribution is -2.29. The highest BCUT2D eigenvalue weighted by molar-refractivity contribution is 6.34. The molecule has 158 valence electrons. The zero-order valence-electron chi connectivity index (χ0n) is 16.7. The van der Waals surface area contributed by atoms with Gasteiger partial charge >= 0.3 is 0 Å². The Hall–Kier alpha value is -3.42. The van der Waals surface area contributed by atoms with E-state index < -0.39 is 11.8 Å². The molecule has 0 saturated carbocycles. The van der Waals surface area contributed by atoms with Gasteiger partial charge in [-0.05, 0) is 60.9 Å². The van der Waals surface area contributed by atoms with E-state index in [-0.39, 0.29) is 16.7 Å². The molecule has 0 atom stereocenters. The minimum Gasteiger partial charge on any atom is -0.321 e. The average molecular weight is 456 g/mol. The molecule has 1 aromatic heterocycles. The molecule has 9 heteroatoms. The monoisotopic (exact) mass is 455 g/mol. The molecule has 0 aliphatic carbocycles. The summed E-state index contributed by atoms with van der Waals surface area (Å²) in [6.07, 6.45) is 4.24. The van der Waals surface area contributed by atoms with Crippen molar-refractivity contribution in [1.82, 2.24) is 15.4 Å². The predicted octanol–water partition coefficient (Wildman–Crippen LogP) is 4.81. The van der Waals surface area contributed by atoms with Crippen LogP contribution >= 0.6 is 23.2 Å². The van der Waals surface area contributed by atoms with Crippen molar-refractivity contribution >= 4 is 52.7 Å². The molecule has 2 aromatic carbocycles. The molecule has 7 nitrogen and oxygen atoms in total. The largest absolute Gasteiger partial charge is 0.321 e. The maximum absolute atomic E-state index is 12.6. The molecule has 0 bridgehead atoms. The number of rotatable bonds is 6. The molecule has 3 rings (SSSR count). The van der Waals surface area contributed by atoms with Crippen molar-refractivity contribution in [3.63, 3.8) is 0 Å². The number of amides is 2. The topological polar surface area (TPSA) is 96.0 Å². The Bertz CT molecular complexity index is 1150. The van der Waals surface area contributed by atoms with Gasteiger partial charge in [0.05, 0.1) is 11.2 Å². The van der Waals surface area contributed by atoms with Crippen molar-refractivity contribution in [2.75, 3.05) is 10.7 Å².